The molecule has 0 saturated heterocycles. The zero-order valence-electron chi connectivity index (χ0n) is 9.51. The van der Waals surface area contributed by atoms with Gasteiger partial charge in [-0.3, -0.25) is 0 Å². The topological polar surface area (TPSA) is 29.5 Å². The second kappa shape index (κ2) is 7.56. The molecule has 3 heteroatoms. The van der Waals surface area contributed by atoms with Crippen molar-refractivity contribution in [2.24, 2.45) is 0 Å². The van der Waals surface area contributed by atoms with E-state index in [-0.39, 0.29) is 5.97 Å². The summed E-state index contributed by atoms with van der Waals surface area (Å²) < 4.78 is 5.05. The number of hydrogen-bond donors (Lipinski definition) is 0. The van der Waals surface area contributed by atoms with Crippen LogP contribution in [0.1, 0.15) is 27.2 Å². The van der Waals surface area contributed by atoms with Gasteiger partial charge in [0.25, 0.3) is 0 Å². The van der Waals surface area contributed by atoms with E-state index in [9.17, 15) is 4.79 Å². The van der Waals surface area contributed by atoms with Crippen LogP contribution in [0.4, 0.5) is 0 Å². The van der Waals surface area contributed by atoms with Gasteiger partial charge in [0.15, 0.2) is 0 Å². The average molecular weight is 199 g/mol. The number of likely N-dealkylation sites (N-methyl/N-ethyl adjacent to an activating group) is 1. The van der Waals surface area contributed by atoms with Crippen LogP contribution in [0.5, 0.6) is 0 Å². The van der Waals surface area contributed by atoms with Crippen molar-refractivity contribution in [2.75, 3.05) is 26.2 Å². The maximum atomic E-state index is 11.2. The van der Waals surface area contributed by atoms with Crippen LogP contribution >= 0.6 is 0 Å². The number of ether oxygens (including phenoxy) is 1. The van der Waals surface area contributed by atoms with Gasteiger partial charge in [-0.15, -0.1) is 0 Å². The van der Waals surface area contributed by atoms with E-state index in [1.165, 1.54) is 0 Å². The fourth-order valence-corrected chi connectivity index (χ4v) is 1.05. The van der Waals surface area contributed by atoms with E-state index in [0.29, 0.717) is 18.6 Å². The summed E-state index contributed by atoms with van der Waals surface area (Å²) in [6.45, 7) is 12.9. The van der Waals surface area contributed by atoms with Crippen molar-refractivity contribution < 1.29 is 9.53 Å². The van der Waals surface area contributed by atoms with Gasteiger partial charge in [0, 0.05) is 12.1 Å². The van der Waals surface area contributed by atoms with E-state index in [1.54, 1.807) is 0 Å². The third-order valence-electron chi connectivity index (χ3n) is 2.25. The Balaban J connectivity index is 3.63. The van der Waals surface area contributed by atoms with E-state index in [4.69, 9.17) is 4.74 Å². The van der Waals surface area contributed by atoms with Gasteiger partial charge < -0.3 is 9.64 Å². The van der Waals surface area contributed by atoms with Crippen molar-refractivity contribution in [3.8, 4) is 0 Å². The quantitative estimate of drug-likeness (QED) is 0.463. The number of rotatable bonds is 7. The third-order valence-corrected chi connectivity index (χ3v) is 2.25. The highest BCUT2D eigenvalue weighted by Gasteiger charge is 2.06. The van der Waals surface area contributed by atoms with E-state index in [1.807, 2.05) is 6.92 Å². The first-order valence-electron chi connectivity index (χ1n) is 5.22. The van der Waals surface area contributed by atoms with Gasteiger partial charge >= 0.3 is 5.97 Å². The minimum absolute atomic E-state index is 0.264. The van der Waals surface area contributed by atoms with Gasteiger partial charge in [0.1, 0.15) is 6.61 Å². The normalized spacial score (nSPS) is 10.3. The second-order valence-electron chi connectivity index (χ2n) is 3.12. The van der Waals surface area contributed by atoms with Crippen LogP contribution < -0.4 is 0 Å². The predicted molar refractivity (Wildman–Crippen MR) is 58.2 cm³/mol. The molecule has 0 unspecified atom stereocenters. The molecule has 0 spiro atoms. The zero-order chi connectivity index (χ0) is 11.0. The van der Waals surface area contributed by atoms with Crippen molar-refractivity contribution in [3.05, 3.63) is 12.2 Å². The Bertz CT molecular complexity index is 186. The van der Waals surface area contributed by atoms with Crippen LogP contribution in [0, 0.1) is 0 Å². The number of carbonyl (C=O) groups is 1. The molecule has 0 aliphatic heterocycles. The van der Waals surface area contributed by atoms with Gasteiger partial charge in [-0.2, -0.15) is 0 Å². The van der Waals surface area contributed by atoms with Crippen LogP contribution in [0.2, 0.25) is 0 Å². The molecule has 0 aromatic heterocycles. The Labute approximate surface area is 86.7 Å². The SMILES string of the molecule is C=C(CC)C(=O)OCCN(CC)CC. The number of carbonyl (C=O) groups excluding carboxylic acids is 1. The molecular formula is C11H21NO2. The van der Waals surface area contributed by atoms with Crippen LogP contribution in [0.3, 0.4) is 0 Å². The van der Waals surface area contributed by atoms with Gasteiger partial charge in [-0.25, -0.2) is 4.79 Å². The van der Waals surface area contributed by atoms with Crippen LogP contribution in [0.25, 0.3) is 0 Å². The summed E-state index contributed by atoms with van der Waals surface area (Å²) in [5, 5.41) is 0. The van der Waals surface area contributed by atoms with Crippen LogP contribution in [0.15, 0.2) is 12.2 Å². The molecule has 0 aliphatic rings. The van der Waals surface area contributed by atoms with Crippen LogP contribution in [-0.2, 0) is 9.53 Å². The summed E-state index contributed by atoms with van der Waals surface area (Å²) in [5.74, 6) is -0.264. The van der Waals surface area contributed by atoms with E-state index in [2.05, 4.69) is 25.3 Å². The van der Waals surface area contributed by atoms with Crippen molar-refractivity contribution in [3.63, 3.8) is 0 Å². The molecule has 0 radical (unpaired) electrons. The first-order chi connectivity index (χ1) is 6.65. The molecule has 0 heterocycles. The third kappa shape index (κ3) is 5.02. The summed E-state index contributed by atoms with van der Waals surface area (Å²) >= 11 is 0. The smallest absolute Gasteiger partial charge is 0.333 e. The molecule has 0 fully saturated rings. The van der Waals surface area contributed by atoms with Crippen molar-refractivity contribution in [2.45, 2.75) is 27.2 Å². The summed E-state index contributed by atoms with van der Waals surface area (Å²) in [6, 6.07) is 0. The van der Waals surface area contributed by atoms with E-state index >= 15 is 0 Å². The highest BCUT2D eigenvalue weighted by molar-refractivity contribution is 5.87. The molecule has 0 rings (SSSR count). The number of hydrogen-bond acceptors (Lipinski definition) is 3. The Hall–Kier alpha value is -0.830. The molecule has 82 valence electrons. The maximum absolute atomic E-state index is 11.2. The predicted octanol–water partition coefficient (Wildman–Crippen LogP) is 1.84. The standard InChI is InChI=1S/C11H21NO2/c1-5-10(4)11(13)14-9-8-12(6-2)7-3/h4-9H2,1-3H3. The molecule has 3 nitrogen and oxygen atoms in total. The molecule has 14 heavy (non-hydrogen) atoms. The first kappa shape index (κ1) is 13.2. The van der Waals surface area contributed by atoms with E-state index < -0.39 is 0 Å². The fraction of sp³-hybridized carbons (Fsp3) is 0.727. The molecule has 0 aromatic carbocycles. The zero-order valence-corrected chi connectivity index (χ0v) is 9.51. The van der Waals surface area contributed by atoms with Gasteiger partial charge in [-0.05, 0) is 19.5 Å². The Morgan fingerprint density at radius 2 is 1.86 bits per heavy atom. The molecule has 0 aromatic rings. The Morgan fingerprint density at radius 1 is 1.29 bits per heavy atom. The summed E-state index contributed by atoms with van der Waals surface area (Å²) in [7, 11) is 0. The summed E-state index contributed by atoms with van der Waals surface area (Å²) in [5.41, 5.74) is 0.546. The fourth-order valence-electron chi connectivity index (χ4n) is 1.05. The molecule has 0 atom stereocenters. The summed E-state index contributed by atoms with van der Waals surface area (Å²) in [4.78, 5) is 13.4. The van der Waals surface area contributed by atoms with Crippen LogP contribution in [-0.4, -0.2) is 37.1 Å². The number of esters is 1. The van der Waals surface area contributed by atoms with Gasteiger partial charge in [0.05, 0.1) is 0 Å². The van der Waals surface area contributed by atoms with Crippen molar-refractivity contribution >= 4 is 5.97 Å². The van der Waals surface area contributed by atoms with Gasteiger partial charge in [0.2, 0.25) is 0 Å². The maximum Gasteiger partial charge on any atom is 0.333 e. The lowest BCUT2D eigenvalue weighted by Gasteiger charge is -2.17. The average Bonchev–Trinajstić information content (AvgIpc) is 2.22. The van der Waals surface area contributed by atoms with Gasteiger partial charge in [-0.1, -0.05) is 27.4 Å². The monoisotopic (exact) mass is 199 g/mol. The lowest BCUT2D eigenvalue weighted by molar-refractivity contribution is -0.139. The van der Waals surface area contributed by atoms with Crippen molar-refractivity contribution in [1.29, 1.82) is 0 Å². The van der Waals surface area contributed by atoms with Crippen molar-refractivity contribution in [1.82, 2.24) is 4.90 Å². The highest BCUT2D eigenvalue weighted by Crippen LogP contribution is 1.99. The minimum Gasteiger partial charge on any atom is -0.461 e. The molecular weight excluding hydrogens is 178 g/mol. The molecule has 0 amide bonds. The Morgan fingerprint density at radius 3 is 2.29 bits per heavy atom. The molecule has 0 N–H and O–H groups in total. The minimum atomic E-state index is -0.264. The molecule has 0 bridgehead atoms. The molecule has 0 aliphatic carbocycles. The molecule has 0 saturated carbocycles. The highest BCUT2D eigenvalue weighted by atomic mass is 16.5. The second-order valence-corrected chi connectivity index (χ2v) is 3.12. The largest absolute Gasteiger partial charge is 0.461 e. The number of nitrogens with zero attached hydrogens (tertiary/aromatic N) is 1. The summed E-state index contributed by atoms with van der Waals surface area (Å²) in [6.07, 6.45) is 0.657. The lowest BCUT2D eigenvalue weighted by atomic mass is 10.2. The Kier molecular flexibility index (Phi) is 7.11. The first-order valence-corrected chi connectivity index (χ1v) is 5.22. The van der Waals surface area contributed by atoms with E-state index in [0.717, 1.165) is 19.6 Å². The lowest BCUT2D eigenvalue weighted by Crippen LogP contribution is -2.28.